The second-order valence-corrected chi connectivity index (χ2v) is 8.55. The van der Waals surface area contributed by atoms with Crippen LogP contribution in [0, 0.1) is 11.8 Å². The lowest BCUT2D eigenvalue weighted by Gasteiger charge is -2.35. The third kappa shape index (κ3) is 4.29. The van der Waals surface area contributed by atoms with Gasteiger partial charge in [-0.1, -0.05) is 26.7 Å². The van der Waals surface area contributed by atoms with Gasteiger partial charge in [-0.25, -0.2) is 0 Å². The number of amides is 2. The topological polar surface area (TPSA) is 67.4 Å². The van der Waals surface area contributed by atoms with Crippen molar-refractivity contribution in [2.24, 2.45) is 11.8 Å². The Labute approximate surface area is 153 Å². The summed E-state index contributed by atoms with van der Waals surface area (Å²) in [5, 5.41) is 5.84. The molecule has 5 nitrogen and oxygen atoms in total. The Bertz CT molecular complexity index is 664. The molecule has 3 rings (SSSR count). The fourth-order valence-electron chi connectivity index (χ4n) is 3.48. The molecule has 1 fully saturated rings. The van der Waals surface area contributed by atoms with Gasteiger partial charge in [0.15, 0.2) is 6.61 Å². The van der Waals surface area contributed by atoms with Crippen molar-refractivity contribution < 1.29 is 14.3 Å². The van der Waals surface area contributed by atoms with Crippen LogP contribution in [0.4, 0.5) is 5.69 Å². The molecule has 1 aromatic carbocycles. The number of benzene rings is 1. The quantitative estimate of drug-likeness (QED) is 0.805. The van der Waals surface area contributed by atoms with Gasteiger partial charge in [0.1, 0.15) is 5.75 Å². The molecular formula is C19H26N2O3S. The highest BCUT2D eigenvalue weighted by atomic mass is 32.2. The van der Waals surface area contributed by atoms with Crippen LogP contribution in [-0.2, 0) is 9.59 Å². The number of nitrogens with one attached hydrogen (secondary N) is 2. The van der Waals surface area contributed by atoms with Gasteiger partial charge in [-0.2, -0.15) is 0 Å². The first-order chi connectivity index (χ1) is 11.9. The Hall–Kier alpha value is -1.69. The van der Waals surface area contributed by atoms with E-state index in [1.165, 1.54) is 24.6 Å². The van der Waals surface area contributed by atoms with E-state index in [0.717, 1.165) is 11.3 Å². The van der Waals surface area contributed by atoms with Gasteiger partial charge in [-0.15, -0.1) is 11.8 Å². The van der Waals surface area contributed by atoms with Gasteiger partial charge in [0.25, 0.3) is 5.91 Å². The van der Waals surface area contributed by atoms with Crippen LogP contribution in [0.2, 0.25) is 0 Å². The number of fused-ring (bicyclic) bond motifs is 1. The minimum Gasteiger partial charge on any atom is -0.482 e. The highest BCUT2D eigenvalue weighted by molar-refractivity contribution is 8.00. The van der Waals surface area contributed by atoms with Crippen molar-refractivity contribution in [3.63, 3.8) is 0 Å². The lowest BCUT2D eigenvalue weighted by Crippen LogP contribution is -2.46. The molecule has 1 aliphatic carbocycles. The first-order valence-corrected chi connectivity index (χ1v) is 9.85. The van der Waals surface area contributed by atoms with E-state index < -0.39 is 0 Å². The summed E-state index contributed by atoms with van der Waals surface area (Å²) in [6, 6.07) is 5.91. The maximum absolute atomic E-state index is 12.6. The van der Waals surface area contributed by atoms with Gasteiger partial charge >= 0.3 is 0 Å². The number of thioether (sulfide) groups is 1. The van der Waals surface area contributed by atoms with Crippen molar-refractivity contribution in [3.8, 4) is 5.75 Å². The average molecular weight is 362 g/mol. The number of carbonyl (C=O) groups excluding carboxylic acids is 2. The monoisotopic (exact) mass is 362 g/mol. The first-order valence-electron chi connectivity index (χ1n) is 8.98. The number of anilines is 1. The molecule has 0 aromatic heterocycles. The molecule has 2 aliphatic rings. The van der Waals surface area contributed by atoms with Gasteiger partial charge in [-0.3, -0.25) is 9.59 Å². The Balaban J connectivity index is 1.60. The predicted molar refractivity (Wildman–Crippen MR) is 100.0 cm³/mol. The lowest BCUT2D eigenvalue weighted by molar-refractivity contribution is -0.121. The third-order valence-corrected chi connectivity index (χ3v) is 6.39. The van der Waals surface area contributed by atoms with E-state index in [2.05, 4.69) is 24.5 Å². The van der Waals surface area contributed by atoms with E-state index in [9.17, 15) is 9.59 Å². The summed E-state index contributed by atoms with van der Waals surface area (Å²) in [7, 11) is 0. The molecule has 2 amide bonds. The SMILES string of the molecule is C[C@@H]1[C@H](C)CCC[C@H]1NC(=O)[C@H](C)Sc1ccc2c(c1)NC(=O)CO2. The molecule has 0 spiro atoms. The summed E-state index contributed by atoms with van der Waals surface area (Å²) in [5.74, 6) is 1.78. The molecule has 4 atom stereocenters. The number of carbonyl (C=O) groups is 2. The summed E-state index contributed by atoms with van der Waals surface area (Å²) >= 11 is 1.50. The summed E-state index contributed by atoms with van der Waals surface area (Å²) in [5.41, 5.74) is 0.670. The van der Waals surface area contributed by atoms with Crippen molar-refractivity contribution in [3.05, 3.63) is 18.2 Å². The molecule has 0 bridgehead atoms. The molecule has 25 heavy (non-hydrogen) atoms. The van der Waals surface area contributed by atoms with Gasteiger partial charge < -0.3 is 15.4 Å². The maximum Gasteiger partial charge on any atom is 0.262 e. The van der Waals surface area contributed by atoms with Crippen molar-refractivity contribution in [1.82, 2.24) is 5.32 Å². The minimum atomic E-state index is -0.192. The first kappa shape index (κ1) is 18.1. The molecule has 1 heterocycles. The second-order valence-electron chi connectivity index (χ2n) is 7.14. The zero-order valence-electron chi connectivity index (χ0n) is 15.0. The van der Waals surface area contributed by atoms with E-state index in [0.29, 0.717) is 23.3 Å². The van der Waals surface area contributed by atoms with Crippen LogP contribution in [0.15, 0.2) is 23.1 Å². The van der Waals surface area contributed by atoms with Gasteiger partial charge in [-0.05, 0) is 43.4 Å². The standard InChI is InChI=1S/C19H26N2O3S/c1-11-5-4-6-15(12(11)2)21-19(23)13(3)25-14-7-8-17-16(9-14)20-18(22)10-24-17/h7-9,11-13,15H,4-6,10H2,1-3H3,(H,20,22)(H,21,23)/t11-,12-,13+,15-/m1/s1. The summed E-state index contributed by atoms with van der Waals surface area (Å²) in [6.07, 6.45) is 3.50. The molecule has 0 unspecified atom stereocenters. The minimum absolute atomic E-state index is 0.0519. The summed E-state index contributed by atoms with van der Waals surface area (Å²) in [6.45, 7) is 6.48. The Morgan fingerprint density at radius 2 is 2.16 bits per heavy atom. The highest BCUT2D eigenvalue weighted by Crippen LogP contribution is 2.34. The van der Waals surface area contributed by atoms with Crippen molar-refractivity contribution in [2.45, 2.75) is 56.2 Å². The second kappa shape index (κ2) is 7.68. The zero-order chi connectivity index (χ0) is 18.0. The molecule has 6 heteroatoms. The van der Waals surface area contributed by atoms with Crippen LogP contribution in [0.3, 0.4) is 0 Å². The van der Waals surface area contributed by atoms with E-state index in [1.807, 2.05) is 25.1 Å². The zero-order valence-corrected chi connectivity index (χ0v) is 15.8. The Morgan fingerprint density at radius 3 is 2.96 bits per heavy atom. The molecule has 1 aromatic rings. The fraction of sp³-hybridized carbons (Fsp3) is 0.579. The van der Waals surface area contributed by atoms with Crippen LogP contribution in [0.5, 0.6) is 5.75 Å². The van der Waals surface area contributed by atoms with Crippen molar-refractivity contribution in [1.29, 1.82) is 0 Å². The molecule has 0 radical (unpaired) electrons. The number of rotatable bonds is 4. The molecule has 1 saturated carbocycles. The smallest absolute Gasteiger partial charge is 0.262 e. The maximum atomic E-state index is 12.6. The molecule has 136 valence electrons. The fourth-order valence-corrected chi connectivity index (χ4v) is 4.39. The van der Waals surface area contributed by atoms with Gasteiger partial charge in [0.05, 0.1) is 10.9 Å². The average Bonchev–Trinajstić information content (AvgIpc) is 2.58. The molecule has 2 N–H and O–H groups in total. The van der Waals surface area contributed by atoms with E-state index in [4.69, 9.17) is 4.74 Å². The summed E-state index contributed by atoms with van der Waals surface area (Å²) < 4.78 is 5.36. The number of ether oxygens (including phenoxy) is 1. The van der Waals surface area contributed by atoms with E-state index >= 15 is 0 Å². The van der Waals surface area contributed by atoms with Gasteiger partial charge in [0, 0.05) is 10.9 Å². The molecule has 1 aliphatic heterocycles. The number of hydrogen-bond donors (Lipinski definition) is 2. The molecular weight excluding hydrogens is 336 g/mol. The third-order valence-electron chi connectivity index (χ3n) is 5.30. The van der Waals surface area contributed by atoms with Crippen LogP contribution >= 0.6 is 11.8 Å². The van der Waals surface area contributed by atoms with Crippen LogP contribution in [0.1, 0.15) is 40.0 Å². The normalized spacial score (nSPS) is 26.8. The van der Waals surface area contributed by atoms with E-state index in [-0.39, 0.29) is 29.7 Å². The van der Waals surface area contributed by atoms with Crippen LogP contribution < -0.4 is 15.4 Å². The van der Waals surface area contributed by atoms with Crippen molar-refractivity contribution >= 4 is 29.3 Å². The number of hydrogen-bond acceptors (Lipinski definition) is 4. The van der Waals surface area contributed by atoms with Gasteiger partial charge in [0.2, 0.25) is 5.91 Å². The van der Waals surface area contributed by atoms with Crippen LogP contribution in [-0.4, -0.2) is 29.7 Å². The largest absolute Gasteiger partial charge is 0.482 e. The van der Waals surface area contributed by atoms with E-state index in [1.54, 1.807) is 0 Å². The highest BCUT2D eigenvalue weighted by Gasteiger charge is 2.29. The van der Waals surface area contributed by atoms with Crippen molar-refractivity contribution in [2.75, 3.05) is 11.9 Å². The lowest BCUT2D eigenvalue weighted by atomic mass is 9.78. The predicted octanol–water partition coefficient (Wildman–Crippen LogP) is 3.44. The van der Waals surface area contributed by atoms with Crippen LogP contribution in [0.25, 0.3) is 0 Å². The Kier molecular flexibility index (Phi) is 5.57. The summed E-state index contributed by atoms with van der Waals surface area (Å²) in [4.78, 5) is 25.0. The molecule has 0 saturated heterocycles. The Morgan fingerprint density at radius 1 is 1.36 bits per heavy atom.